The Hall–Kier alpha value is -1.06. The average Bonchev–Trinajstić information content (AvgIpc) is 2.96. The van der Waals surface area contributed by atoms with E-state index in [1.807, 2.05) is 18.7 Å². The van der Waals surface area contributed by atoms with Crippen LogP contribution in [0.15, 0.2) is 0 Å². The molecule has 1 saturated carbocycles. The highest BCUT2D eigenvalue weighted by Crippen LogP contribution is 2.42. The second-order valence-electron chi connectivity index (χ2n) is 7.07. The van der Waals surface area contributed by atoms with Gasteiger partial charge < -0.3 is 10.2 Å². The van der Waals surface area contributed by atoms with E-state index < -0.39 is 0 Å². The Kier molecular flexibility index (Phi) is 4.95. The van der Waals surface area contributed by atoms with Crippen LogP contribution in [0.25, 0.3) is 0 Å². The molecule has 0 bridgehead atoms. The molecule has 4 nitrogen and oxygen atoms in total. The molecule has 0 aromatic rings. The Bertz CT molecular complexity index is 402. The molecule has 2 rings (SSSR count). The monoisotopic (exact) mass is 294 g/mol. The predicted molar refractivity (Wildman–Crippen MR) is 83.8 cm³/mol. The molecule has 1 N–H and O–H groups in total. The summed E-state index contributed by atoms with van der Waals surface area (Å²) in [5.41, 5.74) is 0.238. The van der Waals surface area contributed by atoms with Crippen molar-refractivity contribution in [3.05, 3.63) is 0 Å². The number of carbonyl (C=O) groups excluding carboxylic acids is 2. The van der Waals surface area contributed by atoms with Crippen LogP contribution >= 0.6 is 0 Å². The first-order valence-corrected chi connectivity index (χ1v) is 8.55. The van der Waals surface area contributed by atoms with Crippen LogP contribution in [-0.2, 0) is 9.59 Å². The zero-order chi connectivity index (χ0) is 15.6. The van der Waals surface area contributed by atoms with Gasteiger partial charge in [-0.15, -0.1) is 0 Å². The van der Waals surface area contributed by atoms with Gasteiger partial charge in [-0.3, -0.25) is 9.59 Å². The Morgan fingerprint density at radius 1 is 1.29 bits per heavy atom. The third-order valence-corrected chi connectivity index (χ3v) is 5.83. The van der Waals surface area contributed by atoms with Crippen molar-refractivity contribution in [2.45, 2.75) is 78.3 Å². The number of hydrogen-bond acceptors (Lipinski definition) is 2. The predicted octanol–water partition coefficient (Wildman–Crippen LogP) is 2.72. The van der Waals surface area contributed by atoms with Crippen molar-refractivity contribution in [2.75, 3.05) is 6.54 Å². The SMILES string of the molecule is CCC(C)C1NC(=O)C(C)N(CC2(CC)CCCC2)C1=O. The van der Waals surface area contributed by atoms with E-state index >= 15 is 0 Å². The van der Waals surface area contributed by atoms with Crippen molar-refractivity contribution < 1.29 is 9.59 Å². The molecule has 1 heterocycles. The van der Waals surface area contributed by atoms with Crippen molar-refractivity contribution in [2.24, 2.45) is 11.3 Å². The van der Waals surface area contributed by atoms with Crippen LogP contribution in [0.3, 0.4) is 0 Å². The van der Waals surface area contributed by atoms with E-state index in [1.54, 1.807) is 0 Å². The second kappa shape index (κ2) is 6.37. The molecule has 2 amide bonds. The molecule has 2 aliphatic rings. The van der Waals surface area contributed by atoms with E-state index in [0.717, 1.165) is 19.4 Å². The summed E-state index contributed by atoms with van der Waals surface area (Å²) in [5.74, 6) is 0.318. The highest BCUT2D eigenvalue weighted by molar-refractivity contribution is 5.96. The van der Waals surface area contributed by atoms with Crippen LogP contribution in [-0.4, -0.2) is 35.3 Å². The number of amides is 2. The van der Waals surface area contributed by atoms with Crippen LogP contribution < -0.4 is 5.32 Å². The lowest BCUT2D eigenvalue weighted by atomic mass is 9.81. The van der Waals surface area contributed by atoms with E-state index in [2.05, 4.69) is 19.2 Å². The number of rotatable bonds is 5. The maximum Gasteiger partial charge on any atom is 0.246 e. The van der Waals surface area contributed by atoms with Gasteiger partial charge >= 0.3 is 0 Å². The van der Waals surface area contributed by atoms with Crippen molar-refractivity contribution in [1.29, 1.82) is 0 Å². The van der Waals surface area contributed by atoms with E-state index in [9.17, 15) is 9.59 Å². The van der Waals surface area contributed by atoms with E-state index in [0.29, 0.717) is 0 Å². The Labute approximate surface area is 128 Å². The summed E-state index contributed by atoms with van der Waals surface area (Å²) in [6, 6.07) is -0.671. The smallest absolute Gasteiger partial charge is 0.246 e. The summed E-state index contributed by atoms with van der Waals surface area (Å²) in [4.78, 5) is 26.9. The van der Waals surface area contributed by atoms with Crippen molar-refractivity contribution in [3.63, 3.8) is 0 Å². The minimum Gasteiger partial charge on any atom is -0.342 e. The van der Waals surface area contributed by atoms with Gasteiger partial charge in [-0.25, -0.2) is 0 Å². The molecular formula is C17H30N2O2. The molecule has 0 radical (unpaired) electrons. The molecule has 2 fully saturated rings. The molecule has 3 unspecified atom stereocenters. The molecule has 4 heteroatoms. The fourth-order valence-corrected chi connectivity index (χ4v) is 3.79. The lowest BCUT2D eigenvalue weighted by Gasteiger charge is -2.43. The first-order chi connectivity index (χ1) is 9.94. The van der Waals surface area contributed by atoms with Gasteiger partial charge in [0.05, 0.1) is 0 Å². The molecular weight excluding hydrogens is 264 g/mol. The first-order valence-electron chi connectivity index (χ1n) is 8.55. The van der Waals surface area contributed by atoms with E-state index in [-0.39, 0.29) is 35.2 Å². The van der Waals surface area contributed by atoms with E-state index in [1.165, 1.54) is 25.7 Å². The minimum atomic E-state index is -0.339. The summed E-state index contributed by atoms with van der Waals surface area (Å²) in [6.45, 7) is 8.94. The summed E-state index contributed by atoms with van der Waals surface area (Å²) < 4.78 is 0. The summed E-state index contributed by atoms with van der Waals surface area (Å²) >= 11 is 0. The normalized spacial score (nSPS) is 30.4. The summed E-state index contributed by atoms with van der Waals surface area (Å²) in [7, 11) is 0. The highest BCUT2D eigenvalue weighted by Gasteiger charge is 2.44. The highest BCUT2D eigenvalue weighted by atomic mass is 16.2. The van der Waals surface area contributed by atoms with Gasteiger partial charge in [-0.1, -0.05) is 40.0 Å². The van der Waals surface area contributed by atoms with Gasteiger partial charge in [0.25, 0.3) is 0 Å². The second-order valence-corrected chi connectivity index (χ2v) is 7.07. The molecule has 0 spiro atoms. The Balaban J connectivity index is 2.18. The van der Waals surface area contributed by atoms with Crippen LogP contribution in [0.1, 0.15) is 66.2 Å². The molecule has 120 valence electrons. The van der Waals surface area contributed by atoms with Crippen LogP contribution in [0.2, 0.25) is 0 Å². The average molecular weight is 294 g/mol. The zero-order valence-corrected chi connectivity index (χ0v) is 13.9. The molecule has 0 aromatic heterocycles. The lowest BCUT2D eigenvalue weighted by Crippen LogP contribution is -2.65. The van der Waals surface area contributed by atoms with Crippen molar-refractivity contribution in [3.8, 4) is 0 Å². The molecule has 1 saturated heterocycles. The number of piperazine rings is 1. The van der Waals surface area contributed by atoms with Crippen molar-refractivity contribution in [1.82, 2.24) is 10.2 Å². The molecule has 3 atom stereocenters. The third-order valence-electron chi connectivity index (χ3n) is 5.83. The maximum atomic E-state index is 12.8. The Morgan fingerprint density at radius 3 is 2.43 bits per heavy atom. The number of nitrogens with zero attached hydrogens (tertiary/aromatic N) is 1. The number of hydrogen-bond donors (Lipinski definition) is 1. The molecule has 21 heavy (non-hydrogen) atoms. The lowest BCUT2D eigenvalue weighted by molar-refractivity contribution is -0.152. The zero-order valence-electron chi connectivity index (χ0n) is 13.9. The van der Waals surface area contributed by atoms with Crippen LogP contribution in [0.4, 0.5) is 0 Å². The fourth-order valence-electron chi connectivity index (χ4n) is 3.79. The topological polar surface area (TPSA) is 49.4 Å². The Morgan fingerprint density at radius 2 is 1.90 bits per heavy atom. The fraction of sp³-hybridized carbons (Fsp3) is 0.882. The van der Waals surface area contributed by atoms with Gasteiger partial charge in [0.2, 0.25) is 11.8 Å². The van der Waals surface area contributed by atoms with Gasteiger partial charge in [0, 0.05) is 6.54 Å². The van der Waals surface area contributed by atoms with Gasteiger partial charge in [0.1, 0.15) is 12.1 Å². The van der Waals surface area contributed by atoms with Gasteiger partial charge in [-0.05, 0) is 37.5 Å². The van der Waals surface area contributed by atoms with Crippen LogP contribution in [0.5, 0.6) is 0 Å². The van der Waals surface area contributed by atoms with Gasteiger partial charge in [0.15, 0.2) is 0 Å². The number of nitrogens with one attached hydrogen (secondary N) is 1. The maximum absolute atomic E-state index is 12.8. The summed E-state index contributed by atoms with van der Waals surface area (Å²) in [6.07, 6.45) is 6.89. The van der Waals surface area contributed by atoms with Crippen molar-refractivity contribution >= 4 is 11.8 Å². The molecule has 1 aliphatic carbocycles. The minimum absolute atomic E-state index is 0.00384. The van der Waals surface area contributed by atoms with E-state index in [4.69, 9.17) is 0 Å². The number of carbonyl (C=O) groups is 2. The van der Waals surface area contributed by atoms with Gasteiger partial charge in [-0.2, -0.15) is 0 Å². The summed E-state index contributed by atoms with van der Waals surface area (Å²) in [5, 5.41) is 2.92. The third kappa shape index (κ3) is 3.09. The quantitative estimate of drug-likeness (QED) is 0.847. The molecule has 0 aromatic carbocycles. The molecule has 1 aliphatic heterocycles. The first kappa shape index (κ1) is 16.3. The largest absolute Gasteiger partial charge is 0.342 e. The standard InChI is InChI=1S/C17H30N2O2/c1-5-12(3)14-16(21)19(13(4)15(20)18-14)11-17(6-2)9-7-8-10-17/h12-14H,5-11H2,1-4H3,(H,18,20). The van der Waals surface area contributed by atoms with Crippen LogP contribution in [0, 0.1) is 11.3 Å².